The first-order valence-corrected chi connectivity index (χ1v) is 8.02. The fourth-order valence-corrected chi connectivity index (χ4v) is 3.22. The van der Waals surface area contributed by atoms with E-state index < -0.39 is 0 Å². The van der Waals surface area contributed by atoms with Crippen LogP contribution in [0.3, 0.4) is 0 Å². The number of carbonyl (C=O) groups is 1. The van der Waals surface area contributed by atoms with Gasteiger partial charge in [0.25, 0.3) is 5.91 Å². The van der Waals surface area contributed by atoms with Crippen LogP contribution in [0.2, 0.25) is 4.47 Å². The predicted molar refractivity (Wildman–Crippen MR) is 80.8 cm³/mol. The summed E-state index contributed by atoms with van der Waals surface area (Å²) in [4.78, 5) is 19.5. The molecule has 2 heterocycles. The second-order valence-corrected chi connectivity index (χ2v) is 6.66. The van der Waals surface area contributed by atoms with Crippen molar-refractivity contribution in [3.63, 3.8) is 0 Å². The SMILES string of the molecule is CC(C)c1sc(Cl)nc1C(=O)NCCN1CCOCC1. The summed E-state index contributed by atoms with van der Waals surface area (Å²) in [5.41, 5.74) is 0.469. The van der Waals surface area contributed by atoms with Gasteiger partial charge >= 0.3 is 0 Å². The van der Waals surface area contributed by atoms with Gasteiger partial charge in [-0.2, -0.15) is 0 Å². The van der Waals surface area contributed by atoms with Crippen molar-refractivity contribution in [3.05, 3.63) is 15.0 Å². The zero-order valence-corrected chi connectivity index (χ0v) is 13.4. The maximum Gasteiger partial charge on any atom is 0.271 e. The number of halogens is 1. The zero-order chi connectivity index (χ0) is 14.5. The second kappa shape index (κ2) is 7.36. The summed E-state index contributed by atoms with van der Waals surface area (Å²) in [6, 6.07) is 0. The Morgan fingerprint density at radius 1 is 1.50 bits per heavy atom. The molecule has 1 saturated heterocycles. The summed E-state index contributed by atoms with van der Waals surface area (Å²) in [5.74, 6) is 0.116. The molecule has 0 aromatic carbocycles. The van der Waals surface area contributed by atoms with Crippen LogP contribution in [0.25, 0.3) is 0 Å². The molecule has 1 aromatic heterocycles. The highest BCUT2D eigenvalue weighted by Crippen LogP contribution is 2.29. The lowest BCUT2D eigenvalue weighted by molar-refractivity contribution is 0.0383. The molecule has 0 unspecified atom stereocenters. The Kier molecular flexibility index (Phi) is 5.77. The van der Waals surface area contributed by atoms with E-state index in [1.807, 2.05) is 13.8 Å². The van der Waals surface area contributed by atoms with E-state index in [1.165, 1.54) is 11.3 Å². The van der Waals surface area contributed by atoms with E-state index in [4.69, 9.17) is 16.3 Å². The van der Waals surface area contributed by atoms with Crippen molar-refractivity contribution < 1.29 is 9.53 Å². The number of nitrogens with one attached hydrogen (secondary N) is 1. The number of rotatable bonds is 5. The number of hydrogen-bond acceptors (Lipinski definition) is 5. The highest BCUT2D eigenvalue weighted by molar-refractivity contribution is 7.16. The van der Waals surface area contributed by atoms with Gasteiger partial charge in [0.15, 0.2) is 4.47 Å². The molecular formula is C13H20ClN3O2S. The molecule has 1 N–H and O–H groups in total. The first-order valence-electron chi connectivity index (χ1n) is 6.82. The summed E-state index contributed by atoms with van der Waals surface area (Å²) in [5, 5.41) is 2.92. The maximum absolute atomic E-state index is 12.2. The Bertz CT molecular complexity index is 458. The molecule has 0 bridgehead atoms. The van der Waals surface area contributed by atoms with Crippen molar-refractivity contribution in [1.82, 2.24) is 15.2 Å². The van der Waals surface area contributed by atoms with Gasteiger partial charge in [-0.3, -0.25) is 9.69 Å². The van der Waals surface area contributed by atoms with Gasteiger partial charge in [-0.25, -0.2) is 4.98 Å². The minimum absolute atomic E-state index is 0.134. The highest BCUT2D eigenvalue weighted by atomic mass is 35.5. The summed E-state index contributed by atoms with van der Waals surface area (Å²) in [6.07, 6.45) is 0. The fraction of sp³-hybridized carbons (Fsp3) is 0.692. The Hall–Kier alpha value is -0.690. The number of amides is 1. The second-order valence-electron chi connectivity index (χ2n) is 5.04. The summed E-state index contributed by atoms with van der Waals surface area (Å²) < 4.78 is 5.71. The molecular weight excluding hydrogens is 298 g/mol. The van der Waals surface area contributed by atoms with Crippen LogP contribution in [0.1, 0.15) is 35.1 Å². The van der Waals surface area contributed by atoms with Crippen LogP contribution < -0.4 is 5.32 Å². The minimum Gasteiger partial charge on any atom is -0.379 e. The molecule has 1 aliphatic heterocycles. The molecule has 2 rings (SSSR count). The van der Waals surface area contributed by atoms with Gasteiger partial charge in [-0.15, -0.1) is 11.3 Å². The number of nitrogens with zero attached hydrogens (tertiary/aromatic N) is 2. The molecule has 0 aliphatic carbocycles. The maximum atomic E-state index is 12.2. The van der Waals surface area contributed by atoms with Crippen LogP contribution in [0.5, 0.6) is 0 Å². The number of ether oxygens (including phenoxy) is 1. The van der Waals surface area contributed by atoms with Crippen molar-refractivity contribution in [1.29, 1.82) is 0 Å². The van der Waals surface area contributed by atoms with E-state index in [0.717, 1.165) is 37.7 Å². The molecule has 5 nitrogen and oxygen atoms in total. The molecule has 112 valence electrons. The molecule has 0 spiro atoms. The summed E-state index contributed by atoms with van der Waals surface area (Å²) in [7, 11) is 0. The van der Waals surface area contributed by atoms with Crippen LogP contribution in [-0.4, -0.2) is 55.2 Å². The van der Waals surface area contributed by atoms with Crippen molar-refractivity contribution >= 4 is 28.8 Å². The molecule has 0 radical (unpaired) electrons. The lowest BCUT2D eigenvalue weighted by Crippen LogP contribution is -2.41. The smallest absolute Gasteiger partial charge is 0.271 e. The molecule has 1 amide bonds. The third-order valence-electron chi connectivity index (χ3n) is 3.18. The van der Waals surface area contributed by atoms with E-state index in [0.29, 0.717) is 16.7 Å². The average Bonchev–Trinajstić information content (AvgIpc) is 2.82. The van der Waals surface area contributed by atoms with Crippen molar-refractivity contribution in [2.24, 2.45) is 0 Å². The molecule has 1 aromatic rings. The van der Waals surface area contributed by atoms with Crippen LogP contribution in [0.4, 0.5) is 0 Å². The van der Waals surface area contributed by atoms with E-state index in [1.54, 1.807) is 0 Å². The molecule has 1 fully saturated rings. The van der Waals surface area contributed by atoms with Gasteiger partial charge < -0.3 is 10.1 Å². The van der Waals surface area contributed by atoms with E-state index in [9.17, 15) is 4.79 Å². The molecule has 1 aliphatic rings. The average molecular weight is 318 g/mol. The Balaban J connectivity index is 1.85. The third-order valence-corrected chi connectivity index (χ3v) is 4.64. The lowest BCUT2D eigenvalue weighted by Gasteiger charge is -2.26. The first-order chi connectivity index (χ1) is 9.58. The number of carbonyl (C=O) groups excluding carboxylic acids is 1. The van der Waals surface area contributed by atoms with Gasteiger partial charge in [0.2, 0.25) is 0 Å². The number of thiazole rings is 1. The Morgan fingerprint density at radius 3 is 2.85 bits per heavy atom. The van der Waals surface area contributed by atoms with Crippen molar-refractivity contribution in [3.8, 4) is 0 Å². The van der Waals surface area contributed by atoms with Gasteiger partial charge in [0, 0.05) is 31.1 Å². The first kappa shape index (κ1) is 15.7. The largest absolute Gasteiger partial charge is 0.379 e. The number of hydrogen-bond donors (Lipinski definition) is 1. The van der Waals surface area contributed by atoms with Crippen LogP contribution >= 0.6 is 22.9 Å². The van der Waals surface area contributed by atoms with Crippen LogP contribution in [0, 0.1) is 0 Å². The van der Waals surface area contributed by atoms with Gasteiger partial charge in [-0.1, -0.05) is 25.4 Å². The number of morpholine rings is 1. The lowest BCUT2D eigenvalue weighted by atomic mass is 10.1. The standard InChI is InChI=1S/C13H20ClN3O2S/c1-9(2)11-10(16-13(14)20-11)12(18)15-3-4-17-5-7-19-8-6-17/h9H,3-8H2,1-2H3,(H,15,18). The molecule has 7 heteroatoms. The molecule has 0 saturated carbocycles. The minimum atomic E-state index is -0.134. The summed E-state index contributed by atoms with van der Waals surface area (Å²) >= 11 is 7.29. The summed E-state index contributed by atoms with van der Waals surface area (Å²) in [6.45, 7) is 8.92. The van der Waals surface area contributed by atoms with E-state index in [-0.39, 0.29) is 11.8 Å². The predicted octanol–water partition coefficient (Wildman–Crippen LogP) is 1.98. The number of aromatic nitrogens is 1. The van der Waals surface area contributed by atoms with Gasteiger partial charge in [-0.05, 0) is 5.92 Å². The Morgan fingerprint density at radius 2 is 2.20 bits per heavy atom. The van der Waals surface area contributed by atoms with Crippen molar-refractivity contribution in [2.75, 3.05) is 39.4 Å². The van der Waals surface area contributed by atoms with Gasteiger partial charge in [0.05, 0.1) is 13.2 Å². The van der Waals surface area contributed by atoms with Gasteiger partial charge in [0.1, 0.15) is 5.69 Å². The highest BCUT2D eigenvalue weighted by Gasteiger charge is 2.19. The molecule has 0 atom stereocenters. The zero-order valence-electron chi connectivity index (χ0n) is 11.8. The van der Waals surface area contributed by atoms with E-state index >= 15 is 0 Å². The Labute approximate surface area is 128 Å². The fourth-order valence-electron chi connectivity index (χ4n) is 2.09. The molecule has 20 heavy (non-hydrogen) atoms. The monoisotopic (exact) mass is 317 g/mol. The third kappa shape index (κ3) is 4.15. The van der Waals surface area contributed by atoms with E-state index in [2.05, 4.69) is 15.2 Å². The van der Waals surface area contributed by atoms with Crippen molar-refractivity contribution in [2.45, 2.75) is 19.8 Å². The quantitative estimate of drug-likeness (QED) is 0.902. The van der Waals surface area contributed by atoms with Crippen LogP contribution in [0.15, 0.2) is 0 Å². The van der Waals surface area contributed by atoms with Crippen LogP contribution in [-0.2, 0) is 4.74 Å². The normalized spacial score (nSPS) is 16.6. The topological polar surface area (TPSA) is 54.5 Å².